The van der Waals surface area contributed by atoms with Crippen molar-refractivity contribution < 1.29 is 15.0 Å². The van der Waals surface area contributed by atoms with Crippen molar-refractivity contribution in [2.45, 2.75) is 13.3 Å². The van der Waals surface area contributed by atoms with Gasteiger partial charge in [-0.25, -0.2) is 4.79 Å². The van der Waals surface area contributed by atoms with Gasteiger partial charge in [-0.15, -0.1) is 6.58 Å². The predicted octanol–water partition coefficient (Wildman–Crippen LogP) is 2.36. The molecule has 0 amide bonds. The van der Waals surface area contributed by atoms with Crippen molar-refractivity contribution in [1.82, 2.24) is 0 Å². The predicted molar refractivity (Wildman–Crippen MR) is 40.3 cm³/mol. The topological polar surface area (TPSA) is 57.5 Å². The van der Waals surface area contributed by atoms with Crippen LogP contribution < -0.4 is 0 Å². The molecule has 0 saturated heterocycles. The largest absolute Gasteiger partial charge is 0.503 e. The van der Waals surface area contributed by atoms with Crippen molar-refractivity contribution in [2.75, 3.05) is 0 Å². The number of allylic oxidation sites excluding steroid dienone is 3. The SMILES string of the molecule is C=CCC=CC.O=C(O)O. The average Bonchev–Trinajstić information content (AvgIpc) is 1.82. The molecule has 0 rings (SSSR count). The molecule has 3 nitrogen and oxygen atoms in total. The Bertz CT molecular complexity index is 112. The Morgan fingerprint density at radius 3 is 2.10 bits per heavy atom. The first-order valence-electron chi connectivity index (χ1n) is 2.79. The molecule has 0 aromatic carbocycles. The summed E-state index contributed by atoms with van der Waals surface area (Å²) >= 11 is 0. The van der Waals surface area contributed by atoms with Crippen LogP contribution in [0.1, 0.15) is 13.3 Å². The summed E-state index contributed by atoms with van der Waals surface area (Å²) in [6, 6.07) is 0. The summed E-state index contributed by atoms with van der Waals surface area (Å²) in [7, 11) is 0. The van der Waals surface area contributed by atoms with E-state index >= 15 is 0 Å². The number of carboxylic acid groups (broad SMARTS) is 2. The van der Waals surface area contributed by atoms with E-state index in [4.69, 9.17) is 15.0 Å². The van der Waals surface area contributed by atoms with Gasteiger partial charge in [-0.05, 0) is 13.3 Å². The van der Waals surface area contributed by atoms with Crippen LogP contribution in [0.25, 0.3) is 0 Å². The fourth-order valence-corrected chi connectivity index (χ4v) is 0.232. The molecule has 0 bridgehead atoms. The third-order valence-corrected chi connectivity index (χ3v) is 0.538. The van der Waals surface area contributed by atoms with Gasteiger partial charge in [0.1, 0.15) is 0 Å². The zero-order valence-electron chi connectivity index (χ0n) is 5.95. The van der Waals surface area contributed by atoms with Crippen LogP contribution in [0.3, 0.4) is 0 Å². The van der Waals surface area contributed by atoms with E-state index in [0.717, 1.165) is 6.42 Å². The Balaban J connectivity index is 0. The molecule has 0 aliphatic rings. The minimum atomic E-state index is -1.83. The maximum Gasteiger partial charge on any atom is 0.503 e. The molecule has 0 aromatic rings. The molecule has 0 saturated carbocycles. The van der Waals surface area contributed by atoms with E-state index in [9.17, 15) is 0 Å². The molecule has 3 heteroatoms. The molecular weight excluding hydrogens is 132 g/mol. The monoisotopic (exact) mass is 144 g/mol. The van der Waals surface area contributed by atoms with E-state index in [1.54, 1.807) is 0 Å². The molecule has 0 aliphatic heterocycles. The van der Waals surface area contributed by atoms with Gasteiger partial charge in [-0.3, -0.25) is 0 Å². The quantitative estimate of drug-likeness (QED) is 0.585. The van der Waals surface area contributed by atoms with Gasteiger partial charge in [0.25, 0.3) is 0 Å². The third-order valence-electron chi connectivity index (χ3n) is 0.538. The Morgan fingerprint density at radius 1 is 1.60 bits per heavy atom. The van der Waals surface area contributed by atoms with Crippen LogP contribution in [0.15, 0.2) is 24.8 Å². The zero-order valence-corrected chi connectivity index (χ0v) is 5.95. The highest BCUT2D eigenvalue weighted by Gasteiger charge is 1.70. The fourth-order valence-electron chi connectivity index (χ4n) is 0.232. The van der Waals surface area contributed by atoms with E-state index in [1.807, 2.05) is 19.1 Å². The molecule has 0 heterocycles. The first-order chi connectivity index (χ1) is 4.65. The third kappa shape index (κ3) is 72.9. The van der Waals surface area contributed by atoms with Gasteiger partial charge in [-0.1, -0.05) is 18.2 Å². The molecule has 0 spiro atoms. The summed E-state index contributed by atoms with van der Waals surface area (Å²) in [6.45, 7) is 5.55. The van der Waals surface area contributed by atoms with E-state index < -0.39 is 6.16 Å². The summed E-state index contributed by atoms with van der Waals surface area (Å²) in [5.41, 5.74) is 0. The van der Waals surface area contributed by atoms with Gasteiger partial charge in [0, 0.05) is 0 Å². The smallest absolute Gasteiger partial charge is 0.450 e. The normalized spacial score (nSPS) is 8.10. The molecule has 0 fully saturated rings. The van der Waals surface area contributed by atoms with Gasteiger partial charge in [0.15, 0.2) is 0 Å². The Hall–Kier alpha value is -1.25. The minimum absolute atomic E-state index is 0.997. The standard InChI is InChI=1S/C6H10.CH2O3/c1-3-5-6-4-2;2-1(3)4/h3-4,6H,1,5H2,2H3;(H2,2,3,4). The molecule has 10 heavy (non-hydrogen) atoms. The molecule has 0 radical (unpaired) electrons. The second-order valence-corrected chi connectivity index (χ2v) is 1.38. The summed E-state index contributed by atoms with van der Waals surface area (Å²) in [5, 5.41) is 13.9. The van der Waals surface area contributed by atoms with Crippen molar-refractivity contribution in [3.63, 3.8) is 0 Å². The Labute approximate surface area is 60.3 Å². The Kier molecular flexibility index (Phi) is 12.3. The van der Waals surface area contributed by atoms with E-state index in [0.29, 0.717) is 0 Å². The van der Waals surface area contributed by atoms with Crippen LogP contribution in [0.4, 0.5) is 4.79 Å². The van der Waals surface area contributed by atoms with Crippen molar-refractivity contribution in [2.24, 2.45) is 0 Å². The highest BCUT2D eigenvalue weighted by molar-refractivity contribution is 5.53. The second kappa shape index (κ2) is 10.7. The van der Waals surface area contributed by atoms with Gasteiger partial charge >= 0.3 is 6.16 Å². The molecule has 58 valence electrons. The van der Waals surface area contributed by atoms with Crippen LogP contribution in [-0.2, 0) is 0 Å². The number of carbonyl (C=O) groups is 1. The maximum absolute atomic E-state index is 8.56. The highest BCUT2D eigenvalue weighted by Crippen LogP contribution is 1.78. The molecular formula is C7H12O3. The lowest BCUT2D eigenvalue weighted by molar-refractivity contribution is 0.137. The lowest BCUT2D eigenvalue weighted by atomic mass is 10.4. The van der Waals surface area contributed by atoms with Crippen LogP contribution >= 0.6 is 0 Å². The molecule has 2 N–H and O–H groups in total. The fraction of sp³-hybridized carbons (Fsp3) is 0.286. The summed E-state index contributed by atoms with van der Waals surface area (Å²) in [4.78, 5) is 8.56. The van der Waals surface area contributed by atoms with Crippen LogP contribution in [0.5, 0.6) is 0 Å². The van der Waals surface area contributed by atoms with Gasteiger partial charge in [0.05, 0.1) is 0 Å². The van der Waals surface area contributed by atoms with E-state index in [2.05, 4.69) is 12.7 Å². The summed E-state index contributed by atoms with van der Waals surface area (Å²) in [5.74, 6) is 0. The second-order valence-electron chi connectivity index (χ2n) is 1.38. The molecule has 0 atom stereocenters. The van der Waals surface area contributed by atoms with Gasteiger partial charge in [0.2, 0.25) is 0 Å². The molecule has 0 unspecified atom stereocenters. The lowest BCUT2D eigenvalue weighted by Gasteiger charge is -1.69. The summed E-state index contributed by atoms with van der Waals surface area (Å²) < 4.78 is 0. The van der Waals surface area contributed by atoms with Gasteiger partial charge in [-0.2, -0.15) is 0 Å². The van der Waals surface area contributed by atoms with Crippen molar-refractivity contribution in [3.8, 4) is 0 Å². The molecule has 0 aromatic heterocycles. The van der Waals surface area contributed by atoms with E-state index in [1.165, 1.54) is 0 Å². The zero-order chi connectivity index (χ0) is 8.41. The minimum Gasteiger partial charge on any atom is -0.450 e. The van der Waals surface area contributed by atoms with Crippen LogP contribution in [0.2, 0.25) is 0 Å². The van der Waals surface area contributed by atoms with Crippen molar-refractivity contribution >= 4 is 6.16 Å². The van der Waals surface area contributed by atoms with Gasteiger partial charge < -0.3 is 10.2 Å². The lowest BCUT2D eigenvalue weighted by Crippen LogP contribution is -1.81. The maximum atomic E-state index is 8.56. The average molecular weight is 144 g/mol. The van der Waals surface area contributed by atoms with Crippen molar-refractivity contribution in [3.05, 3.63) is 24.8 Å². The van der Waals surface area contributed by atoms with E-state index in [-0.39, 0.29) is 0 Å². The first-order valence-corrected chi connectivity index (χ1v) is 2.79. The van der Waals surface area contributed by atoms with Crippen LogP contribution in [0, 0.1) is 0 Å². The molecule has 0 aliphatic carbocycles. The highest BCUT2D eigenvalue weighted by atomic mass is 16.6. The first kappa shape index (κ1) is 11.5. The summed E-state index contributed by atoms with van der Waals surface area (Å²) in [6.07, 6.45) is 5.12. The number of rotatable bonds is 2. The number of hydrogen-bond acceptors (Lipinski definition) is 1. The number of hydrogen-bond donors (Lipinski definition) is 2. The Morgan fingerprint density at radius 2 is 2.00 bits per heavy atom. The van der Waals surface area contributed by atoms with Crippen LogP contribution in [-0.4, -0.2) is 16.4 Å². The van der Waals surface area contributed by atoms with Crippen molar-refractivity contribution in [1.29, 1.82) is 0 Å².